The van der Waals surface area contributed by atoms with Gasteiger partial charge in [-0.15, -0.1) is 0 Å². The molecule has 0 heterocycles. The lowest BCUT2D eigenvalue weighted by Gasteiger charge is -2.10. The van der Waals surface area contributed by atoms with E-state index in [1.165, 1.54) is 26.4 Å². The van der Waals surface area contributed by atoms with Crippen molar-refractivity contribution >= 4 is 16.9 Å². The van der Waals surface area contributed by atoms with Gasteiger partial charge in [0, 0.05) is 10.5 Å². The Kier molecular flexibility index (Phi) is 4.53. The number of ether oxygens (including phenoxy) is 2. The van der Waals surface area contributed by atoms with Gasteiger partial charge in [0.25, 0.3) is 0 Å². The van der Waals surface area contributed by atoms with Crippen molar-refractivity contribution < 1.29 is 19.4 Å². The van der Waals surface area contributed by atoms with Crippen LogP contribution < -0.4 is 9.47 Å². The summed E-state index contributed by atoms with van der Waals surface area (Å²) in [6, 6.07) is 12.3. The molecule has 0 aliphatic carbocycles. The Morgan fingerprint density at radius 2 is 1.60 bits per heavy atom. The average Bonchev–Trinajstić information content (AvgIpc) is 2.48. The lowest BCUT2D eigenvalue weighted by molar-refractivity contribution is 0.108. The van der Waals surface area contributed by atoms with Gasteiger partial charge in [0.2, 0.25) is 10.9 Å². The van der Waals surface area contributed by atoms with Crippen molar-refractivity contribution in [2.45, 2.75) is 4.90 Å². The summed E-state index contributed by atoms with van der Waals surface area (Å²) < 4.78 is 10.1. The van der Waals surface area contributed by atoms with Crippen molar-refractivity contribution in [1.29, 1.82) is 0 Å². The Labute approximate surface area is 121 Å². The number of hydrogen-bond donors (Lipinski definition) is 1. The van der Waals surface area contributed by atoms with Crippen LogP contribution in [0.2, 0.25) is 0 Å². The Hall–Kier alpha value is -2.14. The van der Waals surface area contributed by atoms with Gasteiger partial charge in [0.05, 0.1) is 14.2 Å². The normalized spacial score (nSPS) is 10.1. The maximum Gasteiger partial charge on any atom is 0.224 e. The average molecular weight is 290 g/mol. The second-order valence-corrected chi connectivity index (χ2v) is 4.98. The number of benzene rings is 2. The first-order valence-electron chi connectivity index (χ1n) is 5.88. The fourth-order valence-corrected chi connectivity index (χ4v) is 2.41. The molecule has 0 aromatic heterocycles. The van der Waals surface area contributed by atoms with E-state index in [-0.39, 0.29) is 22.4 Å². The molecule has 0 unspecified atom stereocenters. The number of hydrogen-bond acceptors (Lipinski definition) is 5. The van der Waals surface area contributed by atoms with E-state index in [1.807, 2.05) is 30.3 Å². The second kappa shape index (κ2) is 6.34. The Bertz CT molecular complexity index is 586. The van der Waals surface area contributed by atoms with Crippen LogP contribution in [0.1, 0.15) is 10.4 Å². The molecular weight excluding hydrogens is 276 g/mol. The predicted octanol–water partition coefficient (Wildman–Crippen LogP) is 3.34. The highest BCUT2D eigenvalue weighted by atomic mass is 32.2. The molecule has 2 aromatic carbocycles. The minimum atomic E-state index is -0.146. The first-order valence-corrected chi connectivity index (χ1v) is 6.69. The summed E-state index contributed by atoms with van der Waals surface area (Å²) in [6.07, 6.45) is 0. The quantitative estimate of drug-likeness (QED) is 0.875. The van der Waals surface area contributed by atoms with Crippen LogP contribution in [0.5, 0.6) is 17.2 Å². The number of aromatic hydroxyl groups is 1. The van der Waals surface area contributed by atoms with Gasteiger partial charge in [0.1, 0.15) is 0 Å². The third-order valence-corrected chi connectivity index (χ3v) is 3.60. The predicted molar refractivity (Wildman–Crippen MR) is 77.8 cm³/mol. The van der Waals surface area contributed by atoms with Gasteiger partial charge in [-0.05, 0) is 36.0 Å². The highest BCUT2D eigenvalue weighted by Crippen LogP contribution is 2.38. The zero-order valence-electron chi connectivity index (χ0n) is 11.1. The molecule has 0 radical (unpaired) electrons. The summed E-state index contributed by atoms with van der Waals surface area (Å²) in [5.74, 6) is 0.305. The molecule has 0 atom stereocenters. The Balaban J connectivity index is 2.30. The monoisotopic (exact) mass is 290 g/mol. The van der Waals surface area contributed by atoms with E-state index < -0.39 is 0 Å². The highest BCUT2D eigenvalue weighted by molar-refractivity contribution is 8.14. The van der Waals surface area contributed by atoms with Crippen LogP contribution in [0.15, 0.2) is 47.4 Å². The molecule has 0 aliphatic heterocycles. The molecule has 2 rings (SSSR count). The van der Waals surface area contributed by atoms with Crippen molar-refractivity contribution in [3.63, 3.8) is 0 Å². The summed E-state index contributed by atoms with van der Waals surface area (Å²) in [5.41, 5.74) is 0.408. The topological polar surface area (TPSA) is 55.8 Å². The Morgan fingerprint density at radius 1 is 1.05 bits per heavy atom. The van der Waals surface area contributed by atoms with Crippen LogP contribution in [0.4, 0.5) is 0 Å². The van der Waals surface area contributed by atoms with E-state index in [4.69, 9.17) is 9.47 Å². The zero-order chi connectivity index (χ0) is 14.5. The third-order valence-electron chi connectivity index (χ3n) is 2.67. The lowest BCUT2D eigenvalue weighted by Crippen LogP contribution is -1.97. The van der Waals surface area contributed by atoms with Gasteiger partial charge < -0.3 is 14.6 Å². The van der Waals surface area contributed by atoms with Gasteiger partial charge in [-0.1, -0.05) is 18.2 Å². The smallest absolute Gasteiger partial charge is 0.224 e. The van der Waals surface area contributed by atoms with Crippen LogP contribution in [-0.2, 0) is 0 Å². The van der Waals surface area contributed by atoms with Crippen LogP contribution in [0.3, 0.4) is 0 Å². The molecule has 1 N–H and O–H groups in total. The molecule has 0 spiro atoms. The molecule has 2 aromatic rings. The fraction of sp³-hybridized carbons (Fsp3) is 0.133. The van der Waals surface area contributed by atoms with Gasteiger partial charge in [-0.3, -0.25) is 4.79 Å². The lowest BCUT2D eigenvalue weighted by atomic mass is 10.2. The summed E-state index contributed by atoms with van der Waals surface area (Å²) in [4.78, 5) is 13.1. The minimum absolute atomic E-state index is 0.115. The molecule has 0 amide bonds. The van der Waals surface area contributed by atoms with Crippen LogP contribution in [0.25, 0.3) is 0 Å². The zero-order valence-corrected chi connectivity index (χ0v) is 11.9. The van der Waals surface area contributed by atoms with Crippen LogP contribution >= 0.6 is 11.8 Å². The number of thioether (sulfide) groups is 1. The molecule has 20 heavy (non-hydrogen) atoms. The van der Waals surface area contributed by atoms with Crippen LogP contribution in [-0.4, -0.2) is 24.4 Å². The van der Waals surface area contributed by atoms with E-state index in [0.29, 0.717) is 5.56 Å². The minimum Gasteiger partial charge on any atom is -0.502 e. The maximum atomic E-state index is 12.2. The van der Waals surface area contributed by atoms with Crippen molar-refractivity contribution in [2.24, 2.45) is 0 Å². The summed E-state index contributed by atoms with van der Waals surface area (Å²) in [7, 11) is 2.85. The maximum absolute atomic E-state index is 12.2. The van der Waals surface area contributed by atoms with E-state index in [0.717, 1.165) is 16.7 Å². The second-order valence-electron chi connectivity index (χ2n) is 3.93. The molecular formula is C15H14O4S. The van der Waals surface area contributed by atoms with E-state index in [9.17, 15) is 9.90 Å². The van der Waals surface area contributed by atoms with Gasteiger partial charge in [-0.2, -0.15) is 0 Å². The molecule has 104 valence electrons. The SMILES string of the molecule is COc1cc(C(=O)Sc2ccccc2)cc(OC)c1O. The van der Waals surface area contributed by atoms with Gasteiger partial charge in [-0.25, -0.2) is 0 Å². The van der Waals surface area contributed by atoms with E-state index in [1.54, 1.807) is 0 Å². The van der Waals surface area contributed by atoms with Gasteiger partial charge >= 0.3 is 0 Å². The molecule has 0 saturated heterocycles. The van der Waals surface area contributed by atoms with Crippen molar-refractivity contribution in [3.05, 3.63) is 48.0 Å². The molecule has 5 heteroatoms. The number of carbonyl (C=O) groups excluding carboxylic acids is 1. The molecule has 0 saturated carbocycles. The molecule has 4 nitrogen and oxygen atoms in total. The van der Waals surface area contributed by atoms with E-state index >= 15 is 0 Å². The first kappa shape index (κ1) is 14.3. The van der Waals surface area contributed by atoms with Crippen LogP contribution in [0, 0.1) is 0 Å². The summed E-state index contributed by atoms with van der Waals surface area (Å²) in [5, 5.41) is 9.67. The summed E-state index contributed by atoms with van der Waals surface area (Å²) in [6.45, 7) is 0. The third kappa shape index (κ3) is 3.05. The molecule has 0 bridgehead atoms. The molecule has 0 aliphatic rings. The number of carbonyl (C=O) groups is 1. The largest absolute Gasteiger partial charge is 0.502 e. The standard InChI is InChI=1S/C15H14O4S/c1-18-12-8-10(9-13(19-2)14(12)16)15(17)20-11-6-4-3-5-7-11/h3-9,16H,1-2H3. The number of phenolic OH excluding ortho intramolecular Hbond substituents is 1. The van der Waals surface area contributed by atoms with Crippen molar-refractivity contribution in [1.82, 2.24) is 0 Å². The van der Waals surface area contributed by atoms with Gasteiger partial charge in [0.15, 0.2) is 11.5 Å². The Morgan fingerprint density at radius 3 is 2.10 bits per heavy atom. The number of phenols is 1. The fourth-order valence-electron chi connectivity index (χ4n) is 1.67. The first-order chi connectivity index (χ1) is 9.65. The number of rotatable bonds is 4. The van der Waals surface area contributed by atoms with Crippen molar-refractivity contribution in [3.8, 4) is 17.2 Å². The summed E-state index contributed by atoms with van der Waals surface area (Å²) >= 11 is 1.11. The highest BCUT2D eigenvalue weighted by Gasteiger charge is 2.16. The van der Waals surface area contributed by atoms with Crippen molar-refractivity contribution in [2.75, 3.05) is 14.2 Å². The molecule has 0 fully saturated rings. The van der Waals surface area contributed by atoms with E-state index in [2.05, 4.69) is 0 Å². The number of methoxy groups -OCH3 is 2.